The van der Waals surface area contributed by atoms with Gasteiger partial charge in [-0.1, -0.05) is 24.3 Å². The second kappa shape index (κ2) is 3.62. The zero-order valence-corrected chi connectivity index (χ0v) is 8.18. The van der Waals surface area contributed by atoms with Crippen molar-refractivity contribution in [2.75, 3.05) is 0 Å². The number of primary amides is 1. The standard InChI is InChI=1S/C11H8N2O3/c12-11(15)8-5-6-3-1-2-4-7(6)9(13-16)10(8)14/h1-5,14H,(H2,12,15). The van der Waals surface area contributed by atoms with Crippen LogP contribution in [-0.2, 0) is 0 Å². The van der Waals surface area contributed by atoms with Crippen LogP contribution in [0.25, 0.3) is 10.8 Å². The van der Waals surface area contributed by atoms with Gasteiger partial charge >= 0.3 is 0 Å². The average molecular weight is 216 g/mol. The van der Waals surface area contributed by atoms with Crippen molar-refractivity contribution in [3.8, 4) is 5.75 Å². The second-order valence-corrected chi connectivity index (χ2v) is 3.30. The van der Waals surface area contributed by atoms with Crippen molar-refractivity contribution >= 4 is 22.4 Å². The van der Waals surface area contributed by atoms with Crippen LogP contribution in [-0.4, -0.2) is 11.0 Å². The topological polar surface area (TPSA) is 92.8 Å². The van der Waals surface area contributed by atoms with E-state index in [2.05, 4.69) is 5.18 Å². The van der Waals surface area contributed by atoms with Crippen LogP contribution in [0, 0.1) is 4.91 Å². The number of carbonyl (C=O) groups is 1. The van der Waals surface area contributed by atoms with Gasteiger partial charge in [-0.15, -0.1) is 4.91 Å². The second-order valence-electron chi connectivity index (χ2n) is 3.30. The van der Waals surface area contributed by atoms with Crippen molar-refractivity contribution in [2.45, 2.75) is 0 Å². The number of nitroso groups, excluding NO2 is 1. The van der Waals surface area contributed by atoms with Crippen molar-refractivity contribution in [3.63, 3.8) is 0 Å². The van der Waals surface area contributed by atoms with Gasteiger partial charge in [0.05, 0.1) is 5.56 Å². The first-order valence-electron chi connectivity index (χ1n) is 4.53. The summed E-state index contributed by atoms with van der Waals surface area (Å²) < 4.78 is 0. The Hall–Kier alpha value is -2.43. The highest BCUT2D eigenvalue weighted by Gasteiger charge is 2.16. The summed E-state index contributed by atoms with van der Waals surface area (Å²) in [7, 11) is 0. The quantitative estimate of drug-likeness (QED) is 0.752. The van der Waals surface area contributed by atoms with Crippen LogP contribution in [0.3, 0.4) is 0 Å². The minimum atomic E-state index is -0.798. The number of amides is 1. The maximum atomic E-state index is 11.1. The van der Waals surface area contributed by atoms with Crippen LogP contribution >= 0.6 is 0 Å². The summed E-state index contributed by atoms with van der Waals surface area (Å²) in [5.41, 5.74) is 4.82. The lowest BCUT2D eigenvalue weighted by molar-refractivity contribution is 0.0998. The molecule has 0 aliphatic carbocycles. The van der Waals surface area contributed by atoms with Crippen molar-refractivity contribution in [3.05, 3.63) is 40.8 Å². The van der Waals surface area contributed by atoms with Crippen molar-refractivity contribution in [1.29, 1.82) is 0 Å². The molecule has 0 aliphatic rings. The van der Waals surface area contributed by atoms with Crippen LogP contribution in [0.5, 0.6) is 5.75 Å². The van der Waals surface area contributed by atoms with Gasteiger partial charge in [0.15, 0.2) is 11.4 Å². The normalized spacial score (nSPS) is 10.2. The smallest absolute Gasteiger partial charge is 0.252 e. The highest BCUT2D eigenvalue weighted by atomic mass is 16.3. The highest BCUT2D eigenvalue weighted by molar-refractivity contribution is 6.06. The zero-order chi connectivity index (χ0) is 11.7. The van der Waals surface area contributed by atoms with E-state index >= 15 is 0 Å². The SMILES string of the molecule is NC(=O)c1cc2ccccc2c(N=O)c1O. The van der Waals surface area contributed by atoms with Gasteiger partial charge in [-0.05, 0) is 16.6 Å². The fraction of sp³-hybridized carbons (Fsp3) is 0. The molecule has 2 aromatic rings. The fourth-order valence-corrected chi connectivity index (χ4v) is 1.60. The lowest BCUT2D eigenvalue weighted by Gasteiger charge is -2.06. The molecule has 3 N–H and O–H groups in total. The van der Waals surface area contributed by atoms with Crippen molar-refractivity contribution < 1.29 is 9.90 Å². The van der Waals surface area contributed by atoms with E-state index in [0.29, 0.717) is 10.8 Å². The number of hydrogen-bond donors (Lipinski definition) is 2. The number of benzene rings is 2. The van der Waals surface area contributed by atoms with E-state index in [1.165, 1.54) is 6.07 Å². The Morgan fingerprint density at radius 3 is 2.62 bits per heavy atom. The maximum absolute atomic E-state index is 11.1. The van der Waals surface area contributed by atoms with Gasteiger partial charge < -0.3 is 10.8 Å². The van der Waals surface area contributed by atoms with Gasteiger partial charge in [0.2, 0.25) is 0 Å². The van der Waals surface area contributed by atoms with E-state index in [1.807, 2.05) is 0 Å². The Kier molecular flexibility index (Phi) is 2.28. The molecular formula is C11H8N2O3. The minimum Gasteiger partial charge on any atom is -0.505 e. The lowest BCUT2D eigenvalue weighted by atomic mass is 10.0. The van der Waals surface area contributed by atoms with Crippen LogP contribution in [0.2, 0.25) is 0 Å². The molecule has 5 heteroatoms. The minimum absolute atomic E-state index is 0.103. The molecule has 2 aromatic carbocycles. The van der Waals surface area contributed by atoms with Gasteiger partial charge in [-0.2, -0.15) is 0 Å². The van der Waals surface area contributed by atoms with E-state index in [9.17, 15) is 14.8 Å². The molecule has 0 aromatic heterocycles. The molecule has 0 aliphatic heterocycles. The third-order valence-electron chi connectivity index (χ3n) is 2.35. The number of rotatable bonds is 2. The number of carbonyl (C=O) groups excluding carboxylic acids is 1. The van der Waals surface area contributed by atoms with Crippen molar-refractivity contribution in [2.24, 2.45) is 10.9 Å². The Labute approximate surface area is 90.5 Å². The molecular weight excluding hydrogens is 208 g/mol. The third-order valence-corrected chi connectivity index (χ3v) is 2.35. The van der Waals surface area contributed by atoms with Gasteiger partial charge in [-0.25, -0.2) is 0 Å². The molecule has 0 saturated carbocycles. The molecule has 0 fully saturated rings. The Bertz CT molecular complexity index is 593. The van der Waals surface area contributed by atoms with E-state index in [0.717, 1.165) is 0 Å². The largest absolute Gasteiger partial charge is 0.505 e. The summed E-state index contributed by atoms with van der Waals surface area (Å²) in [4.78, 5) is 21.7. The molecule has 5 nitrogen and oxygen atoms in total. The first kappa shape index (κ1) is 10.1. The monoisotopic (exact) mass is 216 g/mol. The highest BCUT2D eigenvalue weighted by Crippen LogP contribution is 2.37. The van der Waals surface area contributed by atoms with Gasteiger partial charge in [0.25, 0.3) is 5.91 Å². The van der Waals surface area contributed by atoms with Crippen LogP contribution in [0.1, 0.15) is 10.4 Å². The summed E-state index contributed by atoms with van der Waals surface area (Å²) in [6.45, 7) is 0. The number of fused-ring (bicyclic) bond motifs is 1. The van der Waals surface area contributed by atoms with E-state index in [1.54, 1.807) is 24.3 Å². The molecule has 0 atom stereocenters. The average Bonchev–Trinajstić information content (AvgIpc) is 2.28. The molecule has 0 heterocycles. The van der Waals surface area contributed by atoms with Gasteiger partial charge in [0, 0.05) is 5.39 Å². The molecule has 2 rings (SSSR count). The molecule has 0 radical (unpaired) electrons. The van der Waals surface area contributed by atoms with Gasteiger partial charge in [0.1, 0.15) is 0 Å². The first-order valence-corrected chi connectivity index (χ1v) is 4.53. The molecule has 0 unspecified atom stereocenters. The van der Waals surface area contributed by atoms with Crippen LogP contribution in [0.15, 0.2) is 35.5 Å². The van der Waals surface area contributed by atoms with Crippen LogP contribution in [0.4, 0.5) is 5.69 Å². The number of nitrogens with zero attached hydrogens (tertiary/aromatic N) is 1. The number of aromatic hydroxyl groups is 1. The predicted molar refractivity (Wildman–Crippen MR) is 59.6 cm³/mol. The maximum Gasteiger partial charge on any atom is 0.252 e. The molecule has 1 amide bonds. The number of hydrogen-bond acceptors (Lipinski definition) is 4. The first-order chi connectivity index (χ1) is 7.65. The summed E-state index contributed by atoms with van der Waals surface area (Å²) in [6.07, 6.45) is 0. The van der Waals surface area contributed by atoms with Crippen LogP contribution < -0.4 is 5.73 Å². The summed E-state index contributed by atoms with van der Waals surface area (Å²) in [6, 6.07) is 8.23. The van der Waals surface area contributed by atoms with E-state index in [4.69, 9.17) is 5.73 Å². The molecule has 16 heavy (non-hydrogen) atoms. The number of phenols is 1. The Morgan fingerprint density at radius 2 is 2.00 bits per heavy atom. The Morgan fingerprint density at radius 1 is 1.31 bits per heavy atom. The molecule has 0 bridgehead atoms. The van der Waals surface area contributed by atoms with E-state index in [-0.39, 0.29) is 11.3 Å². The zero-order valence-electron chi connectivity index (χ0n) is 8.18. The summed E-state index contributed by atoms with van der Waals surface area (Å²) >= 11 is 0. The fourth-order valence-electron chi connectivity index (χ4n) is 1.60. The lowest BCUT2D eigenvalue weighted by Crippen LogP contribution is -2.11. The molecule has 0 saturated heterocycles. The third kappa shape index (κ3) is 1.38. The summed E-state index contributed by atoms with van der Waals surface area (Å²) in [5.74, 6) is -1.27. The van der Waals surface area contributed by atoms with Crippen molar-refractivity contribution in [1.82, 2.24) is 0 Å². The summed E-state index contributed by atoms with van der Waals surface area (Å²) in [5, 5.41) is 13.5. The Balaban J connectivity index is 2.93. The predicted octanol–water partition coefficient (Wildman–Crippen LogP) is 2.04. The molecule has 0 spiro atoms. The van der Waals surface area contributed by atoms with E-state index < -0.39 is 11.7 Å². The number of nitrogens with two attached hydrogens (primary N) is 1. The van der Waals surface area contributed by atoms with Gasteiger partial charge in [-0.3, -0.25) is 4.79 Å². The molecule has 80 valence electrons.